The number of amidine groups is 1. The van der Waals surface area contributed by atoms with Crippen molar-refractivity contribution in [1.82, 2.24) is 15.1 Å². The summed E-state index contributed by atoms with van der Waals surface area (Å²) in [7, 11) is 0. The molecule has 2 aliphatic heterocycles. The van der Waals surface area contributed by atoms with E-state index in [0.29, 0.717) is 4.91 Å². The molecular formula is C23H21N5OS. The van der Waals surface area contributed by atoms with Crippen molar-refractivity contribution in [2.45, 2.75) is 6.92 Å². The number of piperazine rings is 1. The number of aryl methyl sites for hydroxylation is 1. The molecule has 1 aromatic heterocycles. The zero-order chi connectivity index (χ0) is 20.5. The number of hydrogen-bond donors (Lipinski definition) is 0. The molecule has 1 fully saturated rings. The van der Waals surface area contributed by atoms with Crippen LogP contribution < -0.4 is 4.90 Å². The average Bonchev–Trinajstić information content (AvgIpc) is 3.15. The molecule has 150 valence electrons. The zero-order valence-electron chi connectivity index (χ0n) is 16.7. The highest BCUT2D eigenvalue weighted by molar-refractivity contribution is 8.18. The van der Waals surface area contributed by atoms with Gasteiger partial charge in [0.05, 0.1) is 10.6 Å². The summed E-state index contributed by atoms with van der Waals surface area (Å²) < 4.78 is 0. The number of hydrogen-bond acceptors (Lipinski definition) is 6. The Kier molecular flexibility index (Phi) is 4.96. The van der Waals surface area contributed by atoms with Gasteiger partial charge in [-0.2, -0.15) is 10.1 Å². The number of aliphatic imine (C=N–C) groups is 1. The number of benzene rings is 2. The third-order valence-electron chi connectivity index (χ3n) is 5.38. The van der Waals surface area contributed by atoms with Crippen molar-refractivity contribution in [3.8, 4) is 0 Å². The number of thioether (sulfide) groups is 1. The second-order valence-electron chi connectivity index (χ2n) is 7.39. The summed E-state index contributed by atoms with van der Waals surface area (Å²) in [5, 5.41) is 11.5. The summed E-state index contributed by atoms with van der Waals surface area (Å²) in [5.41, 5.74) is 1.96. The largest absolute Gasteiger partial charge is 0.352 e. The number of anilines is 1. The van der Waals surface area contributed by atoms with Crippen LogP contribution in [0, 0.1) is 6.92 Å². The summed E-state index contributed by atoms with van der Waals surface area (Å²) in [5.74, 6) is 0.739. The van der Waals surface area contributed by atoms with E-state index in [4.69, 9.17) is 0 Å². The van der Waals surface area contributed by atoms with Gasteiger partial charge in [0.25, 0.3) is 5.91 Å². The molecule has 2 aromatic carbocycles. The first-order chi connectivity index (χ1) is 14.7. The minimum absolute atomic E-state index is 0.158. The van der Waals surface area contributed by atoms with Gasteiger partial charge in [-0.1, -0.05) is 42.5 Å². The highest BCUT2D eigenvalue weighted by atomic mass is 32.2. The van der Waals surface area contributed by atoms with Crippen molar-refractivity contribution in [3.05, 3.63) is 70.8 Å². The van der Waals surface area contributed by atoms with Gasteiger partial charge in [-0.05, 0) is 53.2 Å². The third-order valence-corrected chi connectivity index (χ3v) is 6.42. The normalized spacial score (nSPS) is 18.4. The van der Waals surface area contributed by atoms with Gasteiger partial charge in [-0.25, -0.2) is 0 Å². The fourth-order valence-electron chi connectivity index (χ4n) is 3.74. The topological polar surface area (TPSA) is 61.7 Å². The van der Waals surface area contributed by atoms with Crippen LogP contribution in [0.1, 0.15) is 11.3 Å². The maximum Gasteiger partial charge on any atom is 0.286 e. The summed E-state index contributed by atoms with van der Waals surface area (Å²) in [6.07, 6.45) is 1.96. The van der Waals surface area contributed by atoms with Crippen LogP contribution in [-0.4, -0.2) is 52.4 Å². The smallest absolute Gasteiger partial charge is 0.286 e. The van der Waals surface area contributed by atoms with E-state index < -0.39 is 0 Å². The first-order valence-electron chi connectivity index (χ1n) is 9.98. The molecular weight excluding hydrogens is 394 g/mol. The first kappa shape index (κ1) is 18.8. The summed E-state index contributed by atoms with van der Waals surface area (Å²) >= 11 is 1.47. The lowest BCUT2D eigenvalue weighted by atomic mass is 10.0. The Labute approximate surface area is 179 Å². The molecule has 2 aliphatic rings. The lowest BCUT2D eigenvalue weighted by Crippen LogP contribution is -2.48. The second kappa shape index (κ2) is 7.91. The molecule has 6 nitrogen and oxygen atoms in total. The second-order valence-corrected chi connectivity index (χ2v) is 8.39. The minimum Gasteiger partial charge on any atom is -0.352 e. The van der Waals surface area contributed by atoms with Gasteiger partial charge >= 0.3 is 0 Å². The molecule has 3 aromatic rings. The quantitative estimate of drug-likeness (QED) is 0.595. The van der Waals surface area contributed by atoms with Gasteiger partial charge in [0.1, 0.15) is 0 Å². The van der Waals surface area contributed by atoms with E-state index in [1.807, 2.05) is 49.4 Å². The van der Waals surface area contributed by atoms with E-state index in [0.717, 1.165) is 53.8 Å². The van der Waals surface area contributed by atoms with Crippen molar-refractivity contribution < 1.29 is 4.79 Å². The molecule has 0 unspecified atom stereocenters. The molecule has 0 radical (unpaired) electrons. The number of fused-ring (bicyclic) bond motifs is 1. The Bertz CT molecular complexity index is 1160. The lowest BCUT2D eigenvalue weighted by Gasteiger charge is -2.35. The predicted octanol–water partition coefficient (Wildman–Crippen LogP) is 3.73. The Morgan fingerprint density at radius 2 is 1.67 bits per heavy atom. The van der Waals surface area contributed by atoms with Gasteiger partial charge in [0, 0.05) is 26.2 Å². The van der Waals surface area contributed by atoms with Crippen LogP contribution in [-0.2, 0) is 4.79 Å². The monoisotopic (exact) mass is 415 g/mol. The molecule has 0 atom stereocenters. The Balaban J connectivity index is 1.29. The van der Waals surface area contributed by atoms with Crippen molar-refractivity contribution in [3.63, 3.8) is 0 Å². The van der Waals surface area contributed by atoms with Crippen LogP contribution >= 0.6 is 11.8 Å². The molecule has 0 aliphatic carbocycles. The van der Waals surface area contributed by atoms with Gasteiger partial charge in [0.15, 0.2) is 11.0 Å². The number of carbonyl (C=O) groups is 1. The van der Waals surface area contributed by atoms with E-state index >= 15 is 0 Å². The lowest BCUT2D eigenvalue weighted by molar-refractivity contribution is -0.113. The van der Waals surface area contributed by atoms with Crippen molar-refractivity contribution in [1.29, 1.82) is 0 Å². The number of nitrogens with zero attached hydrogens (tertiary/aromatic N) is 5. The third kappa shape index (κ3) is 3.68. The molecule has 1 amide bonds. The highest BCUT2D eigenvalue weighted by Gasteiger charge is 2.29. The SMILES string of the molecule is Cc1ccc(N2CCN(C3=NC(=O)/C(=C/c4cccc5ccccc45)S3)CC2)nn1. The molecule has 0 spiro atoms. The minimum atomic E-state index is -0.158. The standard InChI is InChI=1S/C23H21N5OS/c1-16-9-10-21(26-25-16)27-11-13-28(14-12-27)23-24-22(29)20(30-23)15-18-7-4-6-17-5-2-3-8-19(17)18/h2-10,15H,11-14H2,1H3/b20-15-. The highest BCUT2D eigenvalue weighted by Crippen LogP contribution is 2.32. The van der Waals surface area contributed by atoms with Crippen LogP contribution in [0.25, 0.3) is 16.8 Å². The van der Waals surface area contributed by atoms with Gasteiger partial charge < -0.3 is 9.80 Å². The maximum absolute atomic E-state index is 12.6. The maximum atomic E-state index is 12.6. The van der Waals surface area contributed by atoms with Gasteiger partial charge in [-0.3, -0.25) is 4.79 Å². The van der Waals surface area contributed by atoms with E-state index in [9.17, 15) is 4.79 Å². The Morgan fingerprint density at radius 1 is 0.900 bits per heavy atom. The van der Waals surface area contributed by atoms with Crippen LogP contribution in [0.5, 0.6) is 0 Å². The van der Waals surface area contributed by atoms with Crippen molar-refractivity contribution >= 4 is 45.5 Å². The van der Waals surface area contributed by atoms with E-state index in [1.165, 1.54) is 17.1 Å². The molecule has 5 rings (SSSR count). The predicted molar refractivity (Wildman–Crippen MR) is 123 cm³/mol. The first-order valence-corrected chi connectivity index (χ1v) is 10.8. The van der Waals surface area contributed by atoms with Crippen LogP contribution in [0.15, 0.2) is 64.5 Å². The van der Waals surface area contributed by atoms with Gasteiger partial charge in [-0.15, -0.1) is 5.10 Å². The number of carbonyl (C=O) groups excluding carboxylic acids is 1. The van der Waals surface area contributed by atoms with Gasteiger partial charge in [0.2, 0.25) is 0 Å². The zero-order valence-corrected chi connectivity index (χ0v) is 17.5. The number of rotatable bonds is 2. The van der Waals surface area contributed by atoms with Crippen molar-refractivity contribution in [2.24, 2.45) is 4.99 Å². The van der Waals surface area contributed by atoms with Crippen LogP contribution in [0.4, 0.5) is 5.82 Å². The number of amides is 1. The number of aromatic nitrogens is 2. The van der Waals surface area contributed by atoms with Crippen LogP contribution in [0.3, 0.4) is 0 Å². The molecule has 0 N–H and O–H groups in total. The summed E-state index contributed by atoms with van der Waals surface area (Å²) in [4.78, 5) is 22.0. The summed E-state index contributed by atoms with van der Waals surface area (Å²) in [6, 6.07) is 18.4. The van der Waals surface area contributed by atoms with E-state index in [2.05, 4.69) is 43.2 Å². The summed E-state index contributed by atoms with van der Waals surface area (Å²) in [6.45, 7) is 5.19. The van der Waals surface area contributed by atoms with E-state index in [1.54, 1.807) is 0 Å². The molecule has 1 saturated heterocycles. The molecule has 0 bridgehead atoms. The average molecular weight is 416 g/mol. The van der Waals surface area contributed by atoms with Crippen LogP contribution in [0.2, 0.25) is 0 Å². The molecule has 3 heterocycles. The molecule has 7 heteroatoms. The van der Waals surface area contributed by atoms with E-state index in [-0.39, 0.29) is 5.91 Å². The molecule has 30 heavy (non-hydrogen) atoms. The fourth-order valence-corrected chi connectivity index (χ4v) is 4.69. The molecule has 0 saturated carbocycles. The fraction of sp³-hybridized carbons (Fsp3) is 0.217. The Morgan fingerprint density at radius 3 is 2.47 bits per heavy atom. The van der Waals surface area contributed by atoms with Crippen molar-refractivity contribution in [2.75, 3.05) is 31.1 Å². The Hall–Kier alpha value is -3.19.